The number of hydrogen-bond donors (Lipinski definition) is 0. The standard InChI is InChI=1S/C23H27N3O2/c1-3-18(17-10-5-4-6-11-17)19-14-9-15-25(19)22(27)16-26-21-13-8-7-12-20(21)24(2)23(26)28/h4-8,10-13,18-19H,3,9,14-16H2,1-2H3/t18-,19+/m1/s1. The number of aromatic nitrogens is 2. The van der Waals surface area contributed by atoms with Crippen LogP contribution < -0.4 is 5.69 Å². The topological polar surface area (TPSA) is 47.2 Å². The Morgan fingerprint density at radius 2 is 1.75 bits per heavy atom. The van der Waals surface area contributed by atoms with Crippen molar-refractivity contribution in [3.63, 3.8) is 0 Å². The third kappa shape index (κ3) is 3.15. The minimum Gasteiger partial charge on any atom is -0.338 e. The molecule has 0 unspecified atom stereocenters. The summed E-state index contributed by atoms with van der Waals surface area (Å²) < 4.78 is 3.22. The minimum absolute atomic E-state index is 0.0373. The van der Waals surface area contributed by atoms with Crippen LogP contribution in [0.25, 0.3) is 11.0 Å². The van der Waals surface area contributed by atoms with Gasteiger partial charge in [-0.25, -0.2) is 4.79 Å². The van der Waals surface area contributed by atoms with E-state index in [9.17, 15) is 9.59 Å². The van der Waals surface area contributed by atoms with Gasteiger partial charge in [0.25, 0.3) is 0 Å². The van der Waals surface area contributed by atoms with Gasteiger partial charge in [0.05, 0.1) is 11.0 Å². The highest BCUT2D eigenvalue weighted by Gasteiger charge is 2.34. The fraction of sp³-hybridized carbons (Fsp3) is 0.391. The van der Waals surface area contributed by atoms with Crippen molar-refractivity contribution in [2.45, 2.75) is 44.7 Å². The van der Waals surface area contributed by atoms with Crippen LogP contribution in [0, 0.1) is 0 Å². The zero-order chi connectivity index (χ0) is 19.7. The molecule has 0 saturated carbocycles. The normalized spacial score (nSPS) is 17.9. The molecular weight excluding hydrogens is 350 g/mol. The number of likely N-dealkylation sites (tertiary alicyclic amines) is 1. The molecule has 5 heteroatoms. The Bertz CT molecular complexity index is 1030. The summed E-state index contributed by atoms with van der Waals surface area (Å²) in [5, 5.41) is 0. The van der Waals surface area contributed by atoms with Gasteiger partial charge in [0, 0.05) is 25.6 Å². The first-order valence-electron chi connectivity index (χ1n) is 10.1. The van der Waals surface area contributed by atoms with Crippen molar-refractivity contribution in [3.05, 3.63) is 70.6 Å². The largest absolute Gasteiger partial charge is 0.338 e. The molecule has 2 atom stereocenters. The Morgan fingerprint density at radius 1 is 1.07 bits per heavy atom. The van der Waals surface area contributed by atoms with Crippen molar-refractivity contribution in [1.82, 2.24) is 14.0 Å². The lowest BCUT2D eigenvalue weighted by atomic mass is 9.87. The second-order valence-corrected chi connectivity index (χ2v) is 7.64. The van der Waals surface area contributed by atoms with Crippen molar-refractivity contribution >= 4 is 16.9 Å². The lowest BCUT2D eigenvalue weighted by molar-refractivity contribution is -0.133. The lowest BCUT2D eigenvalue weighted by Crippen LogP contribution is -2.42. The molecule has 2 aromatic carbocycles. The van der Waals surface area contributed by atoms with E-state index >= 15 is 0 Å². The van der Waals surface area contributed by atoms with Crippen LogP contribution in [0.15, 0.2) is 59.4 Å². The molecule has 5 nitrogen and oxygen atoms in total. The molecule has 0 aliphatic carbocycles. The fourth-order valence-corrected chi connectivity index (χ4v) is 4.69. The van der Waals surface area contributed by atoms with Crippen molar-refractivity contribution in [2.75, 3.05) is 6.54 Å². The Labute approximate surface area is 165 Å². The number of benzene rings is 2. The zero-order valence-electron chi connectivity index (χ0n) is 16.5. The summed E-state index contributed by atoms with van der Waals surface area (Å²) in [5.74, 6) is 0.368. The van der Waals surface area contributed by atoms with E-state index in [1.165, 1.54) is 5.56 Å². The molecule has 146 valence electrons. The van der Waals surface area contributed by atoms with E-state index in [2.05, 4.69) is 31.2 Å². The van der Waals surface area contributed by atoms with Crippen LogP contribution in [0.3, 0.4) is 0 Å². The number of amides is 1. The Balaban J connectivity index is 1.61. The molecule has 0 N–H and O–H groups in total. The van der Waals surface area contributed by atoms with Crippen molar-refractivity contribution < 1.29 is 4.79 Å². The van der Waals surface area contributed by atoms with Gasteiger partial charge in [-0.05, 0) is 37.0 Å². The summed E-state index contributed by atoms with van der Waals surface area (Å²) in [4.78, 5) is 27.9. The maximum absolute atomic E-state index is 13.2. The van der Waals surface area contributed by atoms with Crippen molar-refractivity contribution in [2.24, 2.45) is 7.05 Å². The van der Waals surface area contributed by atoms with Crippen LogP contribution in [-0.4, -0.2) is 32.5 Å². The Hall–Kier alpha value is -2.82. The maximum Gasteiger partial charge on any atom is 0.329 e. The molecule has 0 bridgehead atoms. The average molecular weight is 377 g/mol. The predicted molar refractivity (Wildman–Crippen MR) is 111 cm³/mol. The van der Waals surface area contributed by atoms with Gasteiger partial charge in [-0.2, -0.15) is 0 Å². The van der Waals surface area contributed by atoms with Gasteiger partial charge in [0.15, 0.2) is 0 Å². The van der Waals surface area contributed by atoms with Gasteiger partial charge < -0.3 is 4.90 Å². The van der Waals surface area contributed by atoms with E-state index < -0.39 is 0 Å². The van der Waals surface area contributed by atoms with Crippen molar-refractivity contribution in [3.8, 4) is 0 Å². The van der Waals surface area contributed by atoms with E-state index in [0.717, 1.165) is 36.8 Å². The molecule has 28 heavy (non-hydrogen) atoms. The molecule has 1 aliphatic heterocycles. The number of hydrogen-bond acceptors (Lipinski definition) is 2. The van der Waals surface area contributed by atoms with Gasteiger partial charge in [0.1, 0.15) is 6.54 Å². The molecular formula is C23H27N3O2. The van der Waals surface area contributed by atoms with Gasteiger partial charge >= 0.3 is 5.69 Å². The number of para-hydroxylation sites is 2. The third-order valence-electron chi connectivity index (χ3n) is 6.10. The number of rotatable bonds is 5. The van der Waals surface area contributed by atoms with Crippen LogP contribution >= 0.6 is 0 Å². The second kappa shape index (κ2) is 7.66. The van der Waals surface area contributed by atoms with Gasteiger partial charge in [-0.15, -0.1) is 0 Å². The fourth-order valence-electron chi connectivity index (χ4n) is 4.69. The number of nitrogens with zero attached hydrogens (tertiary/aromatic N) is 3. The number of fused-ring (bicyclic) bond motifs is 1. The molecule has 4 rings (SSSR count). The summed E-state index contributed by atoms with van der Waals surface area (Å²) >= 11 is 0. The number of aryl methyl sites for hydroxylation is 1. The average Bonchev–Trinajstić information content (AvgIpc) is 3.29. The minimum atomic E-state index is -0.139. The number of imidazole rings is 1. The number of carbonyl (C=O) groups is 1. The molecule has 1 saturated heterocycles. The van der Waals surface area contributed by atoms with Crippen LogP contribution in [0.5, 0.6) is 0 Å². The van der Waals surface area contributed by atoms with E-state index in [-0.39, 0.29) is 24.2 Å². The van der Waals surface area contributed by atoms with Crippen LogP contribution in [0.4, 0.5) is 0 Å². The lowest BCUT2D eigenvalue weighted by Gasteiger charge is -2.31. The molecule has 1 aromatic heterocycles. The second-order valence-electron chi connectivity index (χ2n) is 7.64. The Morgan fingerprint density at radius 3 is 2.46 bits per heavy atom. The van der Waals surface area contributed by atoms with Crippen LogP contribution in [0.2, 0.25) is 0 Å². The monoisotopic (exact) mass is 377 g/mol. The first-order chi connectivity index (χ1) is 13.6. The van der Waals surface area contributed by atoms with E-state index in [0.29, 0.717) is 5.92 Å². The maximum atomic E-state index is 13.2. The summed E-state index contributed by atoms with van der Waals surface area (Å²) in [6.45, 7) is 3.06. The molecule has 1 aliphatic rings. The van der Waals surface area contributed by atoms with Crippen LogP contribution in [-0.2, 0) is 18.4 Å². The predicted octanol–water partition coefficient (Wildman–Crippen LogP) is 3.52. The quantitative estimate of drug-likeness (QED) is 0.683. The number of carbonyl (C=O) groups excluding carboxylic acids is 1. The Kier molecular flexibility index (Phi) is 5.07. The molecule has 2 heterocycles. The molecule has 3 aromatic rings. The highest BCUT2D eigenvalue weighted by Crippen LogP contribution is 2.33. The highest BCUT2D eigenvalue weighted by atomic mass is 16.2. The first-order valence-corrected chi connectivity index (χ1v) is 10.1. The van der Waals surface area contributed by atoms with Gasteiger partial charge in [-0.3, -0.25) is 13.9 Å². The molecule has 0 spiro atoms. The summed E-state index contributed by atoms with van der Waals surface area (Å²) in [6, 6.07) is 18.3. The van der Waals surface area contributed by atoms with Gasteiger partial charge in [0.2, 0.25) is 5.91 Å². The smallest absolute Gasteiger partial charge is 0.329 e. The van der Waals surface area contributed by atoms with Gasteiger partial charge in [-0.1, -0.05) is 49.4 Å². The summed E-state index contributed by atoms with van der Waals surface area (Å²) in [5.41, 5.74) is 2.82. The van der Waals surface area contributed by atoms with Crippen LogP contribution in [0.1, 0.15) is 37.7 Å². The van der Waals surface area contributed by atoms with E-state index in [4.69, 9.17) is 0 Å². The van der Waals surface area contributed by atoms with Crippen molar-refractivity contribution in [1.29, 1.82) is 0 Å². The van der Waals surface area contributed by atoms with E-state index in [1.807, 2.05) is 35.2 Å². The molecule has 0 radical (unpaired) electrons. The SMILES string of the molecule is CC[C@H](c1ccccc1)[C@@H]1CCCN1C(=O)Cn1c(=O)n(C)c2ccccc21. The third-order valence-corrected chi connectivity index (χ3v) is 6.10. The van der Waals surface area contributed by atoms with E-state index in [1.54, 1.807) is 16.2 Å². The molecule has 1 fully saturated rings. The highest BCUT2D eigenvalue weighted by molar-refractivity contribution is 5.81. The first kappa shape index (κ1) is 18.5. The molecule has 1 amide bonds. The summed E-state index contributed by atoms with van der Waals surface area (Å²) in [6.07, 6.45) is 3.03. The zero-order valence-corrected chi connectivity index (χ0v) is 16.5. The summed E-state index contributed by atoms with van der Waals surface area (Å²) in [7, 11) is 1.76.